The fourth-order valence-corrected chi connectivity index (χ4v) is 1.96. The van der Waals surface area contributed by atoms with Crippen LogP contribution in [0.5, 0.6) is 0 Å². The molecule has 2 aliphatic heterocycles. The summed E-state index contributed by atoms with van der Waals surface area (Å²) in [5.74, 6) is 0. The first kappa shape index (κ1) is 15.6. The van der Waals surface area contributed by atoms with Gasteiger partial charge in [-0.25, -0.2) is 0 Å². The van der Waals surface area contributed by atoms with E-state index in [-0.39, 0.29) is 0 Å². The van der Waals surface area contributed by atoms with Gasteiger partial charge in [-0.15, -0.1) is 0 Å². The van der Waals surface area contributed by atoms with Gasteiger partial charge in [0.15, 0.2) is 0 Å². The smallest absolute Gasteiger partial charge is 0.106 e. The van der Waals surface area contributed by atoms with Crippen LogP contribution in [0.15, 0.2) is 0 Å². The summed E-state index contributed by atoms with van der Waals surface area (Å²) >= 11 is 0. The molecule has 3 heteroatoms. The Morgan fingerprint density at radius 2 is 0.750 bits per heavy atom. The lowest BCUT2D eigenvalue weighted by Crippen LogP contribution is -2.12. The Labute approximate surface area is 100 Å². The number of carbonyl (C=O) groups excluding carboxylic acids is 1. The first-order valence-electron chi connectivity index (χ1n) is 6.70. The van der Waals surface area contributed by atoms with Crippen molar-refractivity contribution in [2.75, 3.05) is 26.2 Å². The second kappa shape index (κ2) is 14.6. The van der Waals surface area contributed by atoms with Crippen LogP contribution in [0.4, 0.5) is 0 Å². The molecule has 3 nitrogen and oxygen atoms in total. The Morgan fingerprint density at radius 1 is 0.500 bits per heavy atom. The first-order valence-corrected chi connectivity index (χ1v) is 6.70. The molecule has 2 fully saturated rings. The van der Waals surface area contributed by atoms with Gasteiger partial charge in [0.25, 0.3) is 0 Å². The van der Waals surface area contributed by atoms with Crippen molar-refractivity contribution in [3.05, 3.63) is 0 Å². The molecule has 0 radical (unpaired) electrons. The highest BCUT2D eigenvalue weighted by Crippen LogP contribution is 2.01. The zero-order valence-electron chi connectivity index (χ0n) is 10.6. The molecule has 2 rings (SSSR count). The molecule has 0 aromatic heterocycles. The van der Waals surface area contributed by atoms with Gasteiger partial charge in [-0.05, 0) is 51.9 Å². The highest BCUT2D eigenvalue weighted by Gasteiger charge is 1.94. The molecular formula is C13H28N2O. The Kier molecular flexibility index (Phi) is 14.2. The van der Waals surface area contributed by atoms with Crippen molar-refractivity contribution in [2.45, 2.75) is 51.4 Å². The zero-order valence-corrected chi connectivity index (χ0v) is 10.6. The van der Waals surface area contributed by atoms with E-state index >= 15 is 0 Å². The van der Waals surface area contributed by atoms with Crippen LogP contribution in [0, 0.1) is 0 Å². The maximum Gasteiger partial charge on any atom is 0.106 e. The highest BCUT2D eigenvalue weighted by molar-refractivity contribution is 5.10. The summed E-state index contributed by atoms with van der Waals surface area (Å²) in [6.45, 7) is 7.00. The summed E-state index contributed by atoms with van der Waals surface area (Å²) in [6, 6.07) is 0. The van der Waals surface area contributed by atoms with Gasteiger partial charge < -0.3 is 15.4 Å². The van der Waals surface area contributed by atoms with E-state index in [4.69, 9.17) is 4.79 Å². The van der Waals surface area contributed by atoms with Crippen molar-refractivity contribution in [3.63, 3.8) is 0 Å². The van der Waals surface area contributed by atoms with Gasteiger partial charge in [0.2, 0.25) is 0 Å². The molecule has 0 spiro atoms. The first-order chi connectivity index (χ1) is 8.00. The monoisotopic (exact) mass is 228 g/mol. The van der Waals surface area contributed by atoms with E-state index in [9.17, 15) is 0 Å². The molecule has 96 valence electrons. The Hall–Kier alpha value is -0.410. The van der Waals surface area contributed by atoms with E-state index in [0.717, 1.165) is 0 Å². The third kappa shape index (κ3) is 11.7. The third-order valence-electron chi connectivity index (χ3n) is 2.91. The molecule has 0 unspecified atom stereocenters. The summed E-state index contributed by atoms with van der Waals surface area (Å²) in [5.41, 5.74) is 0. The van der Waals surface area contributed by atoms with Crippen LogP contribution in [0.1, 0.15) is 51.4 Å². The Bertz CT molecular complexity index is 77.8. The quantitative estimate of drug-likeness (QED) is 0.667. The highest BCUT2D eigenvalue weighted by atomic mass is 16.1. The fourth-order valence-electron chi connectivity index (χ4n) is 1.96. The Balaban J connectivity index is 0.000000244. The molecule has 0 aromatic carbocycles. The zero-order chi connectivity index (χ0) is 11.9. The molecular weight excluding hydrogens is 200 g/mol. The van der Waals surface area contributed by atoms with Crippen LogP contribution >= 0.6 is 0 Å². The maximum absolute atomic E-state index is 8.00. The molecule has 0 aliphatic carbocycles. The lowest BCUT2D eigenvalue weighted by Gasteiger charge is -1.91. The van der Waals surface area contributed by atoms with Gasteiger partial charge >= 0.3 is 0 Å². The van der Waals surface area contributed by atoms with Crippen LogP contribution in [0.2, 0.25) is 0 Å². The van der Waals surface area contributed by atoms with Crippen LogP contribution < -0.4 is 10.6 Å². The topological polar surface area (TPSA) is 41.1 Å². The molecule has 0 atom stereocenters. The van der Waals surface area contributed by atoms with E-state index in [1.807, 2.05) is 6.79 Å². The predicted octanol–water partition coefficient (Wildman–Crippen LogP) is 2.12. The second-order valence-electron chi connectivity index (χ2n) is 4.33. The minimum Gasteiger partial charge on any atom is -0.317 e. The minimum absolute atomic E-state index is 1.25. The predicted molar refractivity (Wildman–Crippen MR) is 69.8 cm³/mol. The third-order valence-corrected chi connectivity index (χ3v) is 2.91. The number of nitrogens with one attached hydrogen (secondary N) is 2. The molecule has 2 saturated heterocycles. The van der Waals surface area contributed by atoms with Gasteiger partial charge in [0, 0.05) is 0 Å². The van der Waals surface area contributed by atoms with Crippen molar-refractivity contribution in [1.82, 2.24) is 10.6 Å². The lowest BCUT2D eigenvalue weighted by atomic mass is 10.2. The van der Waals surface area contributed by atoms with Crippen LogP contribution in [-0.4, -0.2) is 33.0 Å². The average Bonchev–Trinajstić information content (AvgIpc) is 2.82. The van der Waals surface area contributed by atoms with Crippen molar-refractivity contribution in [3.8, 4) is 0 Å². The molecule has 0 amide bonds. The molecule has 16 heavy (non-hydrogen) atoms. The fraction of sp³-hybridized carbons (Fsp3) is 0.923. The lowest BCUT2D eigenvalue weighted by molar-refractivity contribution is -0.0979. The van der Waals surface area contributed by atoms with Gasteiger partial charge in [-0.3, -0.25) is 0 Å². The van der Waals surface area contributed by atoms with Crippen LogP contribution in [-0.2, 0) is 4.79 Å². The summed E-state index contributed by atoms with van der Waals surface area (Å²) in [6.07, 6.45) is 11.3. The normalized spacial score (nSPS) is 21.2. The largest absolute Gasteiger partial charge is 0.317 e. The SMILES string of the molecule is C1CCCNCC1.C1CCCNCC1.C=O. The maximum atomic E-state index is 8.00. The molecule has 2 heterocycles. The summed E-state index contributed by atoms with van der Waals surface area (Å²) in [7, 11) is 0. The van der Waals surface area contributed by atoms with E-state index in [0.29, 0.717) is 0 Å². The average molecular weight is 228 g/mol. The van der Waals surface area contributed by atoms with E-state index in [1.54, 1.807) is 0 Å². The molecule has 2 aliphatic rings. The summed E-state index contributed by atoms with van der Waals surface area (Å²) in [4.78, 5) is 8.00. The molecule has 0 aromatic rings. The van der Waals surface area contributed by atoms with E-state index < -0.39 is 0 Å². The number of rotatable bonds is 0. The Morgan fingerprint density at radius 3 is 1.00 bits per heavy atom. The standard InChI is InChI=1S/2C6H13N.CH2O/c2*1-2-4-6-7-5-3-1;1-2/h2*7H,1-6H2;1H2. The van der Waals surface area contributed by atoms with E-state index in [2.05, 4.69) is 10.6 Å². The molecule has 0 saturated carbocycles. The van der Waals surface area contributed by atoms with Gasteiger partial charge in [-0.2, -0.15) is 0 Å². The second-order valence-corrected chi connectivity index (χ2v) is 4.33. The molecule has 0 bridgehead atoms. The number of hydrogen-bond donors (Lipinski definition) is 2. The van der Waals surface area contributed by atoms with Crippen molar-refractivity contribution in [2.24, 2.45) is 0 Å². The van der Waals surface area contributed by atoms with Crippen molar-refractivity contribution < 1.29 is 4.79 Å². The summed E-state index contributed by atoms with van der Waals surface area (Å²) in [5, 5.41) is 6.69. The molecule has 2 N–H and O–H groups in total. The van der Waals surface area contributed by atoms with Crippen LogP contribution in [0.3, 0.4) is 0 Å². The van der Waals surface area contributed by atoms with Crippen LogP contribution in [0.25, 0.3) is 0 Å². The summed E-state index contributed by atoms with van der Waals surface area (Å²) < 4.78 is 0. The van der Waals surface area contributed by atoms with E-state index in [1.165, 1.54) is 77.5 Å². The number of carbonyl (C=O) groups is 1. The van der Waals surface area contributed by atoms with Gasteiger partial charge in [-0.1, -0.05) is 25.7 Å². The van der Waals surface area contributed by atoms with Gasteiger partial charge in [0.1, 0.15) is 6.79 Å². The van der Waals surface area contributed by atoms with Crippen molar-refractivity contribution >= 4 is 6.79 Å². The minimum atomic E-state index is 1.25. The number of hydrogen-bond acceptors (Lipinski definition) is 3. The van der Waals surface area contributed by atoms with Crippen molar-refractivity contribution in [1.29, 1.82) is 0 Å². The van der Waals surface area contributed by atoms with Gasteiger partial charge in [0.05, 0.1) is 0 Å².